The number of rotatable bonds is 6. The summed E-state index contributed by atoms with van der Waals surface area (Å²) >= 11 is 3.24. The van der Waals surface area contributed by atoms with Crippen LogP contribution in [-0.4, -0.2) is 10.9 Å². The fourth-order valence-corrected chi connectivity index (χ4v) is 4.88. The number of aromatic nitrogens is 1. The molecule has 0 atom stereocenters. The van der Waals surface area contributed by atoms with Crippen molar-refractivity contribution < 1.29 is 4.79 Å². The Kier molecular flexibility index (Phi) is 5.37. The van der Waals surface area contributed by atoms with Gasteiger partial charge >= 0.3 is 0 Å². The van der Waals surface area contributed by atoms with E-state index in [-0.39, 0.29) is 12.3 Å². The van der Waals surface area contributed by atoms with Crippen LogP contribution in [0.15, 0.2) is 83.6 Å². The predicted octanol–water partition coefficient (Wildman–Crippen LogP) is 5.49. The van der Waals surface area contributed by atoms with Gasteiger partial charge in [0.15, 0.2) is 0 Å². The molecule has 0 spiro atoms. The van der Waals surface area contributed by atoms with Crippen LogP contribution in [-0.2, 0) is 16.8 Å². The second-order valence-electron chi connectivity index (χ2n) is 6.70. The van der Waals surface area contributed by atoms with Crippen LogP contribution < -0.4 is 5.32 Å². The third kappa shape index (κ3) is 3.91. The molecule has 0 aliphatic rings. The zero-order valence-electron chi connectivity index (χ0n) is 15.5. The van der Waals surface area contributed by atoms with Crippen molar-refractivity contribution in [3.63, 3.8) is 0 Å². The third-order valence-electron chi connectivity index (χ3n) is 4.72. The minimum absolute atomic E-state index is 0.0433. The number of carbonyl (C=O) groups excluding carboxylic acids is 1. The molecule has 0 unspecified atom stereocenters. The van der Waals surface area contributed by atoms with Gasteiger partial charge in [0.2, 0.25) is 5.91 Å². The molecule has 4 rings (SSSR count). The van der Waals surface area contributed by atoms with Crippen molar-refractivity contribution in [2.45, 2.75) is 18.9 Å². The zero-order chi connectivity index (χ0) is 19.4. The number of thiophene rings is 1. The second kappa shape index (κ2) is 8.09. The van der Waals surface area contributed by atoms with Crippen LogP contribution in [0.5, 0.6) is 0 Å². The highest BCUT2D eigenvalue weighted by Crippen LogP contribution is 2.30. The summed E-state index contributed by atoms with van der Waals surface area (Å²) in [6.07, 6.45) is 0.261. The highest BCUT2D eigenvalue weighted by atomic mass is 32.1. The van der Waals surface area contributed by atoms with Crippen LogP contribution in [0.1, 0.15) is 23.7 Å². The number of hydrogen-bond acceptors (Lipinski definition) is 4. The van der Waals surface area contributed by atoms with Crippen molar-refractivity contribution >= 4 is 28.6 Å². The highest BCUT2D eigenvalue weighted by molar-refractivity contribution is 7.20. The molecule has 0 aliphatic heterocycles. The maximum Gasteiger partial charge on any atom is 0.227 e. The van der Waals surface area contributed by atoms with Crippen LogP contribution >= 0.6 is 22.7 Å². The first-order valence-electron chi connectivity index (χ1n) is 9.05. The molecular formula is C23H20N2OS2. The van der Waals surface area contributed by atoms with Gasteiger partial charge in [-0.05, 0) is 29.5 Å². The molecule has 140 valence electrons. The van der Waals surface area contributed by atoms with E-state index in [1.165, 1.54) is 0 Å². The maximum absolute atomic E-state index is 12.9. The van der Waals surface area contributed by atoms with E-state index >= 15 is 0 Å². The number of nitrogens with zero attached hydrogens (tertiary/aromatic N) is 1. The molecule has 1 amide bonds. The monoisotopic (exact) mass is 404 g/mol. The molecule has 2 heterocycles. The SMILES string of the molecule is CC(NC(=O)Cc1csc(-c2cccs2)n1)(c1ccccc1)c1ccccc1. The topological polar surface area (TPSA) is 42.0 Å². The molecule has 1 N–H and O–H groups in total. The fraction of sp³-hybridized carbons (Fsp3) is 0.130. The Labute approximate surface area is 172 Å². The molecular weight excluding hydrogens is 384 g/mol. The minimum Gasteiger partial charge on any atom is -0.342 e. The molecule has 4 aromatic rings. The Morgan fingerprint density at radius 2 is 1.57 bits per heavy atom. The Morgan fingerprint density at radius 3 is 2.14 bits per heavy atom. The summed E-state index contributed by atoms with van der Waals surface area (Å²) in [5.41, 5.74) is 2.29. The minimum atomic E-state index is -0.605. The number of amides is 1. The van der Waals surface area contributed by atoms with Gasteiger partial charge in [-0.1, -0.05) is 66.7 Å². The number of thiazole rings is 1. The molecule has 0 saturated carbocycles. The molecule has 0 fully saturated rings. The van der Waals surface area contributed by atoms with Crippen molar-refractivity contribution in [2.24, 2.45) is 0 Å². The highest BCUT2D eigenvalue weighted by Gasteiger charge is 2.30. The fourth-order valence-electron chi connectivity index (χ4n) is 3.24. The first-order chi connectivity index (χ1) is 13.6. The van der Waals surface area contributed by atoms with E-state index in [4.69, 9.17) is 0 Å². The van der Waals surface area contributed by atoms with Crippen molar-refractivity contribution in [1.82, 2.24) is 10.3 Å². The van der Waals surface area contributed by atoms with Gasteiger partial charge in [-0.2, -0.15) is 0 Å². The lowest BCUT2D eigenvalue weighted by Crippen LogP contribution is -2.45. The van der Waals surface area contributed by atoms with Gasteiger partial charge in [0.05, 0.1) is 22.5 Å². The standard InChI is InChI=1S/C23H20N2OS2/c1-23(17-9-4-2-5-10-17,18-11-6-3-7-12-18)25-21(26)15-19-16-28-22(24-19)20-13-8-14-27-20/h2-14,16H,15H2,1H3,(H,25,26). The first kappa shape index (κ1) is 18.6. The van der Waals surface area contributed by atoms with Crippen molar-refractivity contribution in [1.29, 1.82) is 0 Å². The van der Waals surface area contributed by atoms with Crippen LogP contribution in [0.4, 0.5) is 0 Å². The zero-order valence-corrected chi connectivity index (χ0v) is 17.1. The lowest BCUT2D eigenvalue weighted by Gasteiger charge is -2.32. The van der Waals surface area contributed by atoms with E-state index in [9.17, 15) is 4.79 Å². The molecule has 0 bridgehead atoms. The van der Waals surface area contributed by atoms with Crippen LogP contribution in [0, 0.1) is 0 Å². The molecule has 0 saturated heterocycles. The number of hydrogen-bond donors (Lipinski definition) is 1. The normalized spacial score (nSPS) is 11.3. The van der Waals surface area contributed by atoms with E-state index in [0.717, 1.165) is 26.7 Å². The average Bonchev–Trinajstić information content (AvgIpc) is 3.41. The van der Waals surface area contributed by atoms with Crippen molar-refractivity contribution in [3.8, 4) is 9.88 Å². The maximum atomic E-state index is 12.9. The van der Waals surface area contributed by atoms with Gasteiger partial charge in [-0.3, -0.25) is 4.79 Å². The predicted molar refractivity (Wildman–Crippen MR) is 117 cm³/mol. The lowest BCUT2D eigenvalue weighted by molar-refractivity contribution is -0.121. The number of benzene rings is 2. The Balaban J connectivity index is 1.56. The second-order valence-corrected chi connectivity index (χ2v) is 8.51. The number of nitrogens with one attached hydrogen (secondary N) is 1. The van der Waals surface area contributed by atoms with E-state index in [0.29, 0.717) is 0 Å². The smallest absolute Gasteiger partial charge is 0.227 e. The Bertz CT molecular complexity index is 1000. The number of carbonyl (C=O) groups is 1. The molecule has 2 aromatic heterocycles. The summed E-state index contributed by atoms with van der Waals surface area (Å²) in [5.74, 6) is -0.0433. The Hall–Kier alpha value is -2.76. The molecule has 28 heavy (non-hydrogen) atoms. The van der Waals surface area contributed by atoms with Gasteiger partial charge in [-0.15, -0.1) is 22.7 Å². The van der Waals surface area contributed by atoms with Crippen molar-refractivity contribution in [2.75, 3.05) is 0 Å². The molecule has 3 nitrogen and oxygen atoms in total. The summed E-state index contributed by atoms with van der Waals surface area (Å²) < 4.78 is 0. The van der Waals surface area contributed by atoms with Gasteiger partial charge in [0.25, 0.3) is 0 Å². The van der Waals surface area contributed by atoms with Gasteiger partial charge in [0, 0.05) is 5.38 Å². The van der Waals surface area contributed by atoms with Gasteiger partial charge in [-0.25, -0.2) is 4.98 Å². The Morgan fingerprint density at radius 1 is 0.929 bits per heavy atom. The third-order valence-corrected chi connectivity index (χ3v) is 6.65. The van der Waals surface area contributed by atoms with Gasteiger partial charge in [0.1, 0.15) is 5.01 Å². The molecule has 0 radical (unpaired) electrons. The molecule has 0 aliphatic carbocycles. The average molecular weight is 405 g/mol. The first-order valence-corrected chi connectivity index (χ1v) is 10.8. The lowest BCUT2D eigenvalue weighted by atomic mass is 9.84. The van der Waals surface area contributed by atoms with E-state index < -0.39 is 5.54 Å². The molecule has 5 heteroatoms. The summed E-state index contributed by atoms with van der Waals surface area (Å²) in [6.45, 7) is 2.05. The van der Waals surface area contributed by atoms with Crippen LogP contribution in [0.2, 0.25) is 0 Å². The van der Waals surface area contributed by atoms with E-state index in [2.05, 4.69) is 16.4 Å². The summed E-state index contributed by atoms with van der Waals surface area (Å²) in [6, 6.07) is 24.2. The van der Waals surface area contributed by atoms with Crippen LogP contribution in [0.25, 0.3) is 9.88 Å². The summed E-state index contributed by atoms with van der Waals surface area (Å²) in [7, 11) is 0. The van der Waals surface area contributed by atoms with E-state index in [1.807, 2.05) is 84.4 Å². The van der Waals surface area contributed by atoms with E-state index in [1.54, 1.807) is 22.7 Å². The molecule has 2 aromatic carbocycles. The van der Waals surface area contributed by atoms with Crippen LogP contribution in [0.3, 0.4) is 0 Å². The summed E-state index contributed by atoms with van der Waals surface area (Å²) in [4.78, 5) is 18.7. The quantitative estimate of drug-likeness (QED) is 0.461. The van der Waals surface area contributed by atoms with Crippen molar-refractivity contribution in [3.05, 3.63) is 100 Å². The largest absolute Gasteiger partial charge is 0.342 e. The summed E-state index contributed by atoms with van der Waals surface area (Å²) in [5, 5.41) is 8.22. The van der Waals surface area contributed by atoms with Gasteiger partial charge < -0.3 is 5.32 Å².